The molecule has 0 atom stereocenters. The normalized spacial score (nSPS) is 15.3. The summed E-state index contributed by atoms with van der Waals surface area (Å²) in [5.74, 6) is -0.603. The molecule has 0 bridgehead atoms. The molecule has 2 aromatic rings. The molecule has 6 nitrogen and oxygen atoms in total. The number of amides is 2. The Morgan fingerprint density at radius 1 is 1.07 bits per heavy atom. The third-order valence-electron chi connectivity index (χ3n) is 4.31. The second-order valence-corrected chi connectivity index (χ2v) is 7.13. The molecule has 2 heterocycles. The van der Waals surface area contributed by atoms with Crippen LogP contribution in [0, 0.1) is 5.82 Å². The fourth-order valence-electron chi connectivity index (χ4n) is 2.96. The van der Waals surface area contributed by atoms with Crippen LogP contribution in [-0.4, -0.2) is 59.3 Å². The summed E-state index contributed by atoms with van der Waals surface area (Å²) in [6.07, 6.45) is 0.781. The first kappa shape index (κ1) is 19.4. The average molecular weight is 435 g/mol. The van der Waals surface area contributed by atoms with Crippen molar-refractivity contribution in [2.45, 2.75) is 6.42 Å². The fraction of sp³-hybridized carbons (Fsp3) is 0.316. The quantitative estimate of drug-likeness (QED) is 0.751. The smallest absolute Gasteiger partial charge is 0.272 e. The van der Waals surface area contributed by atoms with Crippen LogP contribution in [0.3, 0.4) is 0 Å². The molecule has 2 amide bonds. The van der Waals surface area contributed by atoms with Crippen molar-refractivity contribution >= 4 is 33.4 Å². The molecule has 1 aliphatic rings. The zero-order chi connectivity index (χ0) is 19.2. The van der Waals surface area contributed by atoms with Crippen molar-refractivity contribution in [2.24, 2.45) is 0 Å². The number of anilines is 1. The Bertz CT molecular complexity index is 816. The molecule has 1 aromatic carbocycles. The van der Waals surface area contributed by atoms with Crippen molar-refractivity contribution in [3.63, 3.8) is 0 Å². The molecule has 0 saturated carbocycles. The lowest BCUT2D eigenvalue weighted by Crippen LogP contribution is -2.38. The van der Waals surface area contributed by atoms with Crippen molar-refractivity contribution < 1.29 is 14.0 Å². The predicted octanol–water partition coefficient (Wildman–Crippen LogP) is 2.77. The highest BCUT2D eigenvalue weighted by molar-refractivity contribution is 9.10. The molecule has 142 valence electrons. The lowest BCUT2D eigenvalue weighted by molar-refractivity contribution is -0.117. The Labute approximate surface area is 165 Å². The van der Waals surface area contributed by atoms with E-state index < -0.39 is 0 Å². The molecule has 0 unspecified atom stereocenters. The number of carbonyl (C=O) groups is 2. The van der Waals surface area contributed by atoms with Gasteiger partial charge in [-0.3, -0.25) is 14.5 Å². The van der Waals surface area contributed by atoms with E-state index >= 15 is 0 Å². The lowest BCUT2D eigenvalue weighted by Gasteiger charge is -2.21. The summed E-state index contributed by atoms with van der Waals surface area (Å²) in [5.41, 5.74) is 0.973. The van der Waals surface area contributed by atoms with Gasteiger partial charge in [0.1, 0.15) is 16.1 Å². The Hall–Kier alpha value is -2.32. The zero-order valence-corrected chi connectivity index (χ0v) is 16.3. The van der Waals surface area contributed by atoms with E-state index in [0.717, 1.165) is 13.0 Å². The van der Waals surface area contributed by atoms with E-state index in [1.165, 1.54) is 24.3 Å². The topological polar surface area (TPSA) is 65.5 Å². The monoisotopic (exact) mass is 434 g/mol. The number of aromatic nitrogens is 1. The van der Waals surface area contributed by atoms with Crippen LogP contribution in [0.1, 0.15) is 16.9 Å². The number of nitrogens with one attached hydrogen (secondary N) is 1. The van der Waals surface area contributed by atoms with Gasteiger partial charge in [0.05, 0.1) is 6.54 Å². The Kier molecular flexibility index (Phi) is 6.52. The van der Waals surface area contributed by atoms with Crippen LogP contribution in [0.5, 0.6) is 0 Å². The number of hydrogen-bond acceptors (Lipinski definition) is 4. The summed E-state index contributed by atoms with van der Waals surface area (Å²) in [4.78, 5) is 32.8. The van der Waals surface area contributed by atoms with Gasteiger partial charge in [-0.25, -0.2) is 9.37 Å². The molecule has 1 aliphatic heterocycles. The van der Waals surface area contributed by atoms with Crippen molar-refractivity contribution in [2.75, 3.05) is 38.0 Å². The van der Waals surface area contributed by atoms with E-state index in [0.29, 0.717) is 35.6 Å². The Morgan fingerprint density at radius 2 is 1.85 bits per heavy atom. The van der Waals surface area contributed by atoms with Crippen molar-refractivity contribution in [1.29, 1.82) is 0 Å². The third-order valence-corrected chi connectivity index (χ3v) is 4.75. The van der Waals surface area contributed by atoms with Crippen molar-refractivity contribution in [3.05, 3.63) is 58.6 Å². The molecule has 3 rings (SSSR count). The van der Waals surface area contributed by atoms with Gasteiger partial charge in [0.15, 0.2) is 0 Å². The van der Waals surface area contributed by atoms with E-state index in [-0.39, 0.29) is 24.2 Å². The summed E-state index contributed by atoms with van der Waals surface area (Å²) in [6.45, 7) is 2.73. The number of benzene rings is 1. The Morgan fingerprint density at radius 3 is 2.59 bits per heavy atom. The minimum absolute atomic E-state index is 0.103. The van der Waals surface area contributed by atoms with Crippen LogP contribution in [-0.2, 0) is 4.79 Å². The van der Waals surface area contributed by atoms with Gasteiger partial charge in [-0.05, 0) is 58.7 Å². The number of rotatable bonds is 4. The molecule has 1 aromatic heterocycles. The lowest BCUT2D eigenvalue weighted by atomic mass is 10.3. The van der Waals surface area contributed by atoms with Gasteiger partial charge >= 0.3 is 0 Å². The fourth-order valence-corrected chi connectivity index (χ4v) is 3.30. The molecule has 1 fully saturated rings. The van der Waals surface area contributed by atoms with Gasteiger partial charge in [0, 0.05) is 31.9 Å². The van der Waals surface area contributed by atoms with Crippen LogP contribution in [0.25, 0.3) is 0 Å². The van der Waals surface area contributed by atoms with E-state index in [1.54, 1.807) is 23.1 Å². The maximum Gasteiger partial charge on any atom is 0.272 e. The second-order valence-electron chi connectivity index (χ2n) is 6.32. The van der Waals surface area contributed by atoms with E-state index in [4.69, 9.17) is 0 Å². The first-order valence-electron chi connectivity index (χ1n) is 8.71. The van der Waals surface area contributed by atoms with Gasteiger partial charge in [-0.2, -0.15) is 0 Å². The SMILES string of the molecule is O=C(CN1CCCN(C(=O)c2cccc(Br)n2)CC1)Nc1ccc(F)cc1. The third kappa shape index (κ3) is 5.58. The van der Waals surface area contributed by atoms with E-state index in [1.807, 2.05) is 4.90 Å². The standard InChI is InChI=1S/C19H20BrFN4O2/c20-17-4-1-3-16(23-17)19(27)25-10-2-9-24(11-12-25)13-18(26)22-15-7-5-14(21)6-8-15/h1,3-8H,2,9-13H2,(H,22,26). The van der Waals surface area contributed by atoms with E-state index in [2.05, 4.69) is 26.2 Å². The maximum absolute atomic E-state index is 12.9. The first-order valence-corrected chi connectivity index (χ1v) is 9.50. The molecule has 1 N–H and O–H groups in total. The van der Waals surface area contributed by atoms with Crippen LogP contribution in [0.4, 0.5) is 10.1 Å². The Balaban J connectivity index is 1.52. The average Bonchev–Trinajstić information content (AvgIpc) is 2.88. The molecule has 0 spiro atoms. The molecular formula is C19H20BrFN4O2. The molecule has 0 aliphatic carbocycles. The first-order chi connectivity index (χ1) is 13.0. The van der Waals surface area contributed by atoms with Crippen LogP contribution >= 0.6 is 15.9 Å². The maximum atomic E-state index is 12.9. The minimum Gasteiger partial charge on any atom is -0.336 e. The zero-order valence-electron chi connectivity index (χ0n) is 14.7. The number of pyridine rings is 1. The molecule has 0 radical (unpaired) electrons. The molecule has 27 heavy (non-hydrogen) atoms. The van der Waals surface area contributed by atoms with Gasteiger partial charge in [0.2, 0.25) is 5.91 Å². The summed E-state index contributed by atoms with van der Waals surface area (Å²) in [7, 11) is 0. The van der Waals surface area contributed by atoms with Crippen LogP contribution in [0.2, 0.25) is 0 Å². The number of carbonyl (C=O) groups excluding carboxylic acids is 2. The van der Waals surface area contributed by atoms with Gasteiger partial charge in [-0.1, -0.05) is 6.07 Å². The van der Waals surface area contributed by atoms with Crippen LogP contribution < -0.4 is 5.32 Å². The summed E-state index contributed by atoms with van der Waals surface area (Å²) in [5, 5.41) is 2.76. The number of nitrogens with zero attached hydrogens (tertiary/aromatic N) is 3. The van der Waals surface area contributed by atoms with Gasteiger partial charge in [0.25, 0.3) is 5.91 Å². The minimum atomic E-state index is -0.342. The second kappa shape index (κ2) is 9.05. The van der Waals surface area contributed by atoms with Crippen LogP contribution in [0.15, 0.2) is 47.1 Å². The number of halogens is 2. The van der Waals surface area contributed by atoms with Crippen molar-refractivity contribution in [1.82, 2.24) is 14.8 Å². The largest absolute Gasteiger partial charge is 0.336 e. The highest BCUT2D eigenvalue weighted by Gasteiger charge is 2.22. The highest BCUT2D eigenvalue weighted by Crippen LogP contribution is 2.12. The van der Waals surface area contributed by atoms with E-state index in [9.17, 15) is 14.0 Å². The number of hydrogen-bond donors (Lipinski definition) is 1. The summed E-state index contributed by atoms with van der Waals surface area (Å²) < 4.78 is 13.6. The predicted molar refractivity (Wildman–Crippen MR) is 104 cm³/mol. The molecule has 1 saturated heterocycles. The summed E-state index contributed by atoms with van der Waals surface area (Å²) in [6, 6.07) is 10.9. The van der Waals surface area contributed by atoms with Gasteiger partial charge < -0.3 is 10.2 Å². The molecular weight excluding hydrogens is 415 g/mol. The molecule has 8 heteroatoms. The highest BCUT2D eigenvalue weighted by atomic mass is 79.9. The van der Waals surface area contributed by atoms with Crippen molar-refractivity contribution in [3.8, 4) is 0 Å². The van der Waals surface area contributed by atoms with Gasteiger partial charge in [-0.15, -0.1) is 0 Å². The summed E-state index contributed by atoms with van der Waals surface area (Å²) >= 11 is 3.28.